The molecule has 0 spiro atoms. The zero-order chi connectivity index (χ0) is 18.2. The molecular formula is C18H18FN3O3. The molecule has 0 aliphatic carbocycles. The van der Waals surface area contributed by atoms with Crippen molar-refractivity contribution in [3.05, 3.63) is 59.9 Å². The zero-order valence-electron chi connectivity index (χ0n) is 13.8. The monoisotopic (exact) mass is 343 g/mol. The van der Waals surface area contributed by atoms with E-state index in [0.717, 1.165) is 5.56 Å². The first kappa shape index (κ1) is 18.1. The van der Waals surface area contributed by atoms with Crippen LogP contribution in [0.1, 0.15) is 12.5 Å². The van der Waals surface area contributed by atoms with Gasteiger partial charge in [-0.2, -0.15) is 5.10 Å². The second kappa shape index (κ2) is 8.58. The van der Waals surface area contributed by atoms with Crippen molar-refractivity contribution >= 4 is 23.7 Å². The van der Waals surface area contributed by atoms with Gasteiger partial charge >= 0.3 is 0 Å². The Morgan fingerprint density at radius 3 is 2.44 bits per heavy atom. The molecule has 2 N–H and O–H groups in total. The first-order valence-electron chi connectivity index (χ1n) is 7.53. The molecule has 2 rings (SSSR count). The van der Waals surface area contributed by atoms with E-state index in [2.05, 4.69) is 15.8 Å². The smallest absolute Gasteiger partial charge is 0.252 e. The van der Waals surface area contributed by atoms with Crippen LogP contribution in [0.4, 0.5) is 10.1 Å². The van der Waals surface area contributed by atoms with Crippen LogP contribution in [0.25, 0.3) is 0 Å². The molecular weight excluding hydrogens is 325 g/mol. The maximum absolute atomic E-state index is 13.5. The van der Waals surface area contributed by atoms with Gasteiger partial charge in [-0.1, -0.05) is 12.1 Å². The van der Waals surface area contributed by atoms with E-state index in [1.54, 1.807) is 37.4 Å². The third-order valence-corrected chi connectivity index (χ3v) is 3.42. The highest BCUT2D eigenvalue weighted by Gasteiger charge is 2.21. The van der Waals surface area contributed by atoms with E-state index in [4.69, 9.17) is 4.74 Å². The lowest BCUT2D eigenvalue weighted by Gasteiger charge is -2.11. The van der Waals surface area contributed by atoms with Crippen LogP contribution in [0.5, 0.6) is 5.75 Å². The van der Waals surface area contributed by atoms with Crippen LogP contribution in [0.2, 0.25) is 0 Å². The van der Waals surface area contributed by atoms with E-state index in [9.17, 15) is 14.0 Å². The number of nitrogens with one attached hydrogen (secondary N) is 2. The predicted molar refractivity (Wildman–Crippen MR) is 92.9 cm³/mol. The lowest BCUT2D eigenvalue weighted by Crippen LogP contribution is -2.34. The highest BCUT2D eigenvalue weighted by Crippen LogP contribution is 2.14. The lowest BCUT2D eigenvalue weighted by atomic mass is 10.1. The van der Waals surface area contributed by atoms with Crippen LogP contribution in [0.15, 0.2) is 53.6 Å². The molecule has 0 radical (unpaired) electrons. The Morgan fingerprint density at radius 1 is 1.12 bits per heavy atom. The number of ether oxygens (including phenoxy) is 1. The number of carbonyl (C=O) groups excluding carboxylic acids is 2. The molecule has 0 aliphatic rings. The van der Waals surface area contributed by atoms with Crippen molar-refractivity contribution in [2.45, 2.75) is 6.92 Å². The minimum atomic E-state index is -1.03. The first-order valence-corrected chi connectivity index (χ1v) is 7.53. The summed E-state index contributed by atoms with van der Waals surface area (Å²) in [7, 11) is 1.57. The van der Waals surface area contributed by atoms with Crippen molar-refractivity contribution in [2.75, 3.05) is 12.4 Å². The number of amides is 2. The van der Waals surface area contributed by atoms with Gasteiger partial charge in [0.25, 0.3) is 5.91 Å². The molecule has 25 heavy (non-hydrogen) atoms. The van der Waals surface area contributed by atoms with E-state index in [0.29, 0.717) is 5.75 Å². The third-order valence-electron chi connectivity index (χ3n) is 3.42. The number of nitrogens with zero attached hydrogens (tertiary/aromatic N) is 1. The first-order chi connectivity index (χ1) is 12.0. The summed E-state index contributed by atoms with van der Waals surface area (Å²) in [6, 6.07) is 12.8. The minimum Gasteiger partial charge on any atom is -0.497 e. The summed E-state index contributed by atoms with van der Waals surface area (Å²) in [5.74, 6) is -2.12. The summed E-state index contributed by atoms with van der Waals surface area (Å²) in [5, 5.41) is 6.18. The van der Waals surface area contributed by atoms with Gasteiger partial charge in [-0.25, -0.2) is 9.82 Å². The predicted octanol–water partition coefficient (Wildman–Crippen LogP) is 2.56. The molecule has 2 aromatic rings. The number of rotatable bonds is 6. The van der Waals surface area contributed by atoms with Crippen molar-refractivity contribution in [1.82, 2.24) is 5.43 Å². The van der Waals surface area contributed by atoms with Gasteiger partial charge in [-0.3, -0.25) is 9.59 Å². The van der Waals surface area contributed by atoms with Gasteiger partial charge in [0.15, 0.2) is 0 Å². The fraction of sp³-hybridized carbons (Fsp3) is 0.167. The number of hydrogen-bond donors (Lipinski definition) is 2. The highest BCUT2D eigenvalue weighted by atomic mass is 19.1. The van der Waals surface area contributed by atoms with Crippen molar-refractivity contribution < 1.29 is 18.7 Å². The van der Waals surface area contributed by atoms with Crippen LogP contribution in [0, 0.1) is 11.7 Å². The summed E-state index contributed by atoms with van der Waals surface area (Å²) >= 11 is 0. The van der Waals surface area contributed by atoms with Crippen LogP contribution in [0.3, 0.4) is 0 Å². The molecule has 0 bridgehead atoms. The Kier molecular flexibility index (Phi) is 6.22. The molecule has 1 unspecified atom stereocenters. The van der Waals surface area contributed by atoms with E-state index < -0.39 is 23.5 Å². The van der Waals surface area contributed by atoms with Crippen LogP contribution >= 0.6 is 0 Å². The number of halogens is 1. The van der Waals surface area contributed by atoms with Gasteiger partial charge in [-0.15, -0.1) is 0 Å². The molecule has 0 fully saturated rings. The van der Waals surface area contributed by atoms with Crippen molar-refractivity contribution in [3.63, 3.8) is 0 Å². The Labute approximate surface area is 144 Å². The molecule has 6 nitrogen and oxygen atoms in total. The average Bonchev–Trinajstić information content (AvgIpc) is 2.63. The van der Waals surface area contributed by atoms with Crippen molar-refractivity contribution in [1.29, 1.82) is 0 Å². The number of anilines is 1. The van der Waals surface area contributed by atoms with Gasteiger partial charge in [0.2, 0.25) is 5.91 Å². The Balaban J connectivity index is 1.89. The zero-order valence-corrected chi connectivity index (χ0v) is 13.8. The van der Waals surface area contributed by atoms with Gasteiger partial charge in [-0.05, 0) is 48.9 Å². The van der Waals surface area contributed by atoms with Crippen molar-refractivity contribution in [2.24, 2.45) is 11.0 Å². The molecule has 0 heterocycles. The number of benzene rings is 2. The molecule has 0 aromatic heterocycles. The fourth-order valence-electron chi connectivity index (χ4n) is 1.88. The Bertz CT molecular complexity index is 775. The number of para-hydroxylation sites is 1. The quantitative estimate of drug-likeness (QED) is 0.481. The summed E-state index contributed by atoms with van der Waals surface area (Å²) in [6.07, 6.45) is 1.44. The highest BCUT2D eigenvalue weighted by molar-refractivity contribution is 6.06. The summed E-state index contributed by atoms with van der Waals surface area (Å²) in [4.78, 5) is 24.0. The molecule has 2 aromatic carbocycles. The third kappa shape index (κ3) is 5.13. The lowest BCUT2D eigenvalue weighted by molar-refractivity contribution is -0.131. The molecule has 0 saturated carbocycles. The number of hydrazone groups is 1. The summed E-state index contributed by atoms with van der Waals surface area (Å²) < 4.78 is 18.6. The van der Waals surface area contributed by atoms with E-state index in [-0.39, 0.29) is 5.69 Å². The summed E-state index contributed by atoms with van der Waals surface area (Å²) in [5.41, 5.74) is 3.06. The normalized spacial score (nSPS) is 11.8. The maximum Gasteiger partial charge on any atom is 0.252 e. The number of methoxy groups -OCH3 is 1. The van der Waals surface area contributed by atoms with Crippen LogP contribution < -0.4 is 15.5 Å². The van der Waals surface area contributed by atoms with E-state index >= 15 is 0 Å². The minimum absolute atomic E-state index is 0.0221. The number of carbonyl (C=O) groups is 2. The van der Waals surface area contributed by atoms with Gasteiger partial charge in [0, 0.05) is 0 Å². The Hall–Kier alpha value is -3.22. The van der Waals surface area contributed by atoms with Crippen LogP contribution in [-0.2, 0) is 9.59 Å². The maximum atomic E-state index is 13.5. The standard InChI is InChI=1S/C18H18FN3O3/c1-12(17(23)21-16-6-4-3-5-15(16)19)18(24)22-20-11-13-7-9-14(25-2)10-8-13/h3-12H,1-2H3,(H,21,23)(H,22,24). The largest absolute Gasteiger partial charge is 0.497 e. The molecule has 1 atom stereocenters. The summed E-state index contributed by atoms with van der Waals surface area (Å²) in [6.45, 7) is 1.41. The molecule has 2 amide bonds. The van der Waals surface area contributed by atoms with Gasteiger partial charge in [0.05, 0.1) is 19.0 Å². The number of hydrogen-bond acceptors (Lipinski definition) is 4. The topological polar surface area (TPSA) is 79.8 Å². The molecule has 0 saturated heterocycles. The molecule has 7 heteroatoms. The molecule has 0 aliphatic heterocycles. The van der Waals surface area contributed by atoms with Gasteiger partial charge in [0.1, 0.15) is 17.5 Å². The SMILES string of the molecule is COc1ccc(C=NNC(=O)C(C)C(=O)Nc2ccccc2F)cc1. The Morgan fingerprint density at radius 2 is 1.80 bits per heavy atom. The second-order valence-corrected chi connectivity index (χ2v) is 5.20. The van der Waals surface area contributed by atoms with Crippen LogP contribution in [-0.4, -0.2) is 25.1 Å². The van der Waals surface area contributed by atoms with Crippen molar-refractivity contribution in [3.8, 4) is 5.75 Å². The molecule has 130 valence electrons. The fourth-order valence-corrected chi connectivity index (χ4v) is 1.88. The van der Waals surface area contributed by atoms with E-state index in [1.807, 2.05) is 0 Å². The van der Waals surface area contributed by atoms with E-state index in [1.165, 1.54) is 31.3 Å². The van der Waals surface area contributed by atoms with Gasteiger partial charge < -0.3 is 10.1 Å². The average molecular weight is 343 g/mol. The second-order valence-electron chi connectivity index (χ2n) is 5.20.